The summed E-state index contributed by atoms with van der Waals surface area (Å²) in [6.07, 6.45) is 2.12. The standard InChI is InChI=1S/C22H26N4/c1-16-6-3-8-18(14-16)15-20-22(23-10-13-26-11-5-12-26)25-21-17(2)7-4-9-19(21)24-20/h3-4,6-9,14H,5,10-13,15H2,1-2H3,(H,23,25). The van der Waals surface area contributed by atoms with Gasteiger partial charge in [0.15, 0.2) is 0 Å². The van der Waals surface area contributed by atoms with Gasteiger partial charge in [0.05, 0.1) is 16.7 Å². The molecule has 0 unspecified atom stereocenters. The molecule has 4 nitrogen and oxygen atoms in total. The van der Waals surface area contributed by atoms with Crippen molar-refractivity contribution in [3.63, 3.8) is 0 Å². The van der Waals surface area contributed by atoms with Crippen LogP contribution in [0.4, 0.5) is 5.82 Å². The molecule has 0 aliphatic carbocycles. The maximum absolute atomic E-state index is 4.95. The van der Waals surface area contributed by atoms with Gasteiger partial charge in [0, 0.05) is 19.5 Å². The molecule has 3 aromatic rings. The van der Waals surface area contributed by atoms with E-state index in [1.165, 1.54) is 36.2 Å². The molecule has 0 spiro atoms. The van der Waals surface area contributed by atoms with Crippen LogP contribution in [-0.4, -0.2) is 41.0 Å². The molecular formula is C22H26N4. The van der Waals surface area contributed by atoms with Crippen LogP contribution in [0.2, 0.25) is 0 Å². The van der Waals surface area contributed by atoms with Crippen molar-refractivity contribution in [1.82, 2.24) is 14.9 Å². The summed E-state index contributed by atoms with van der Waals surface area (Å²) in [7, 11) is 0. The van der Waals surface area contributed by atoms with Crippen LogP contribution < -0.4 is 5.32 Å². The van der Waals surface area contributed by atoms with Gasteiger partial charge in [-0.15, -0.1) is 0 Å². The Hall–Kier alpha value is -2.46. The summed E-state index contributed by atoms with van der Waals surface area (Å²) in [5.74, 6) is 0.925. The number of aryl methyl sites for hydroxylation is 2. The van der Waals surface area contributed by atoms with Crippen LogP contribution in [0.3, 0.4) is 0 Å². The first-order valence-electron chi connectivity index (χ1n) is 9.47. The normalized spacial score (nSPS) is 14.4. The molecule has 1 saturated heterocycles. The highest BCUT2D eigenvalue weighted by molar-refractivity contribution is 5.79. The first-order chi connectivity index (χ1) is 12.7. The van der Waals surface area contributed by atoms with Gasteiger partial charge >= 0.3 is 0 Å². The molecule has 1 aromatic heterocycles. The Morgan fingerprint density at radius 2 is 1.88 bits per heavy atom. The fraction of sp³-hybridized carbons (Fsp3) is 0.364. The van der Waals surface area contributed by atoms with Crippen molar-refractivity contribution in [2.24, 2.45) is 0 Å². The van der Waals surface area contributed by atoms with Crippen LogP contribution in [0.15, 0.2) is 42.5 Å². The molecule has 2 heterocycles. The van der Waals surface area contributed by atoms with Gasteiger partial charge in [0.2, 0.25) is 0 Å². The summed E-state index contributed by atoms with van der Waals surface area (Å²) in [4.78, 5) is 12.4. The number of para-hydroxylation sites is 1. The second-order valence-corrected chi connectivity index (χ2v) is 7.25. The lowest BCUT2D eigenvalue weighted by Gasteiger charge is -2.30. The summed E-state index contributed by atoms with van der Waals surface area (Å²) in [5, 5.41) is 3.55. The topological polar surface area (TPSA) is 41.1 Å². The lowest BCUT2D eigenvalue weighted by molar-refractivity contribution is 0.189. The van der Waals surface area contributed by atoms with Gasteiger partial charge < -0.3 is 10.2 Å². The van der Waals surface area contributed by atoms with Crippen molar-refractivity contribution in [3.8, 4) is 0 Å². The number of benzene rings is 2. The molecule has 1 aliphatic rings. The third-order valence-corrected chi connectivity index (χ3v) is 5.09. The number of nitrogens with one attached hydrogen (secondary N) is 1. The summed E-state index contributed by atoms with van der Waals surface area (Å²) < 4.78 is 0. The van der Waals surface area contributed by atoms with Gasteiger partial charge in [-0.1, -0.05) is 42.0 Å². The van der Waals surface area contributed by atoms with Crippen molar-refractivity contribution in [2.45, 2.75) is 26.7 Å². The van der Waals surface area contributed by atoms with E-state index in [1.807, 2.05) is 0 Å². The van der Waals surface area contributed by atoms with Crippen molar-refractivity contribution in [1.29, 1.82) is 0 Å². The summed E-state index contributed by atoms with van der Waals surface area (Å²) in [5.41, 5.74) is 6.71. The van der Waals surface area contributed by atoms with E-state index in [1.54, 1.807) is 0 Å². The molecule has 0 bridgehead atoms. The maximum atomic E-state index is 4.95. The third kappa shape index (κ3) is 3.70. The fourth-order valence-corrected chi connectivity index (χ4v) is 3.47. The number of fused-ring (bicyclic) bond motifs is 1. The molecule has 26 heavy (non-hydrogen) atoms. The molecule has 0 amide bonds. The van der Waals surface area contributed by atoms with E-state index in [0.717, 1.165) is 42.1 Å². The minimum absolute atomic E-state index is 0.796. The zero-order valence-corrected chi connectivity index (χ0v) is 15.6. The predicted octanol–water partition coefficient (Wildman–Crippen LogP) is 3.96. The summed E-state index contributed by atoms with van der Waals surface area (Å²) in [6.45, 7) is 8.65. The van der Waals surface area contributed by atoms with E-state index >= 15 is 0 Å². The average molecular weight is 346 g/mol. The van der Waals surface area contributed by atoms with Gasteiger partial charge in [0.25, 0.3) is 0 Å². The SMILES string of the molecule is Cc1cccc(Cc2nc3cccc(C)c3nc2NCCN2CCC2)c1. The molecule has 2 aromatic carbocycles. The smallest absolute Gasteiger partial charge is 0.148 e. The average Bonchev–Trinajstić information content (AvgIpc) is 2.58. The predicted molar refractivity (Wildman–Crippen MR) is 108 cm³/mol. The monoisotopic (exact) mass is 346 g/mol. The van der Waals surface area contributed by atoms with Gasteiger partial charge in [0.1, 0.15) is 5.82 Å². The quantitative estimate of drug-likeness (QED) is 0.734. The van der Waals surface area contributed by atoms with Crippen LogP contribution >= 0.6 is 0 Å². The van der Waals surface area contributed by atoms with E-state index in [2.05, 4.69) is 66.5 Å². The van der Waals surface area contributed by atoms with Crippen molar-refractivity contribution in [2.75, 3.05) is 31.5 Å². The first kappa shape index (κ1) is 17.0. The number of hydrogen-bond acceptors (Lipinski definition) is 4. The zero-order valence-electron chi connectivity index (χ0n) is 15.6. The van der Waals surface area contributed by atoms with E-state index in [-0.39, 0.29) is 0 Å². The Kier molecular flexibility index (Phi) is 4.85. The maximum Gasteiger partial charge on any atom is 0.148 e. The van der Waals surface area contributed by atoms with Gasteiger partial charge in [-0.2, -0.15) is 0 Å². The molecular weight excluding hydrogens is 320 g/mol. The molecule has 1 fully saturated rings. The lowest BCUT2D eigenvalue weighted by Crippen LogP contribution is -2.40. The largest absolute Gasteiger partial charge is 0.367 e. The van der Waals surface area contributed by atoms with Gasteiger partial charge in [-0.25, -0.2) is 9.97 Å². The fourth-order valence-electron chi connectivity index (χ4n) is 3.47. The molecule has 0 atom stereocenters. The Morgan fingerprint density at radius 3 is 2.65 bits per heavy atom. The Balaban J connectivity index is 1.64. The van der Waals surface area contributed by atoms with Crippen LogP contribution in [0.25, 0.3) is 11.0 Å². The second-order valence-electron chi connectivity index (χ2n) is 7.25. The molecule has 4 heteroatoms. The number of anilines is 1. The minimum Gasteiger partial charge on any atom is -0.367 e. The highest BCUT2D eigenvalue weighted by atomic mass is 15.2. The third-order valence-electron chi connectivity index (χ3n) is 5.09. The van der Waals surface area contributed by atoms with Crippen LogP contribution in [0.5, 0.6) is 0 Å². The molecule has 1 N–H and O–H groups in total. The number of nitrogens with zero attached hydrogens (tertiary/aromatic N) is 3. The zero-order chi connectivity index (χ0) is 17.9. The van der Waals surface area contributed by atoms with E-state index in [9.17, 15) is 0 Å². The molecule has 134 valence electrons. The van der Waals surface area contributed by atoms with E-state index in [4.69, 9.17) is 9.97 Å². The summed E-state index contributed by atoms with van der Waals surface area (Å²) in [6, 6.07) is 14.8. The van der Waals surface area contributed by atoms with E-state index < -0.39 is 0 Å². The molecule has 4 rings (SSSR count). The number of likely N-dealkylation sites (tertiary alicyclic amines) is 1. The number of aromatic nitrogens is 2. The van der Waals surface area contributed by atoms with Crippen molar-refractivity contribution < 1.29 is 0 Å². The van der Waals surface area contributed by atoms with Crippen LogP contribution in [-0.2, 0) is 6.42 Å². The lowest BCUT2D eigenvalue weighted by atomic mass is 10.1. The van der Waals surface area contributed by atoms with E-state index in [0.29, 0.717) is 0 Å². The van der Waals surface area contributed by atoms with Crippen molar-refractivity contribution >= 4 is 16.9 Å². The molecule has 0 radical (unpaired) electrons. The second kappa shape index (κ2) is 7.42. The summed E-state index contributed by atoms with van der Waals surface area (Å²) >= 11 is 0. The van der Waals surface area contributed by atoms with Gasteiger partial charge in [-0.3, -0.25) is 0 Å². The first-order valence-corrected chi connectivity index (χ1v) is 9.47. The molecule has 0 saturated carbocycles. The van der Waals surface area contributed by atoms with Crippen LogP contribution in [0, 0.1) is 13.8 Å². The Morgan fingerprint density at radius 1 is 1.04 bits per heavy atom. The molecule has 1 aliphatic heterocycles. The Labute approximate surface area is 155 Å². The number of rotatable bonds is 6. The highest BCUT2D eigenvalue weighted by Crippen LogP contribution is 2.22. The number of hydrogen-bond donors (Lipinski definition) is 1. The van der Waals surface area contributed by atoms with Crippen molar-refractivity contribution in [3.05, 3.63) is 64.8 Å². The van der Waals surface area contributed by atoms with Crippen LogP contribution in [0.1, 0.15) is 28.8 Å². The highest BCUT2D eigenvalue weighted by Gasteiger charge is 2.14. The Bertz CT molecular complexity index is 915. The van der Waals surface area contributed by atoms with Gasteiger partial charge in [-0.05, 0) is 50.6 Å². The minimum atomic E-state index is 0.796.